The first-order valence-electron chi connectivity index (χ1n) is 5.87. The lowest BCUT2D eigenvalue weighted by Crippen LogP contribution is -2.07. The monoisotopic (exact) mass is 244 g/mol. The van der Waals surface area contributed by atoms with Gasteiger partial charge in [-0.2, -0.15) is 0 Å². The number of pyridine rings is 2. The van der Waals surface area contributed by atoms with E-state index >= 15 is 0 Å². The summed E-state index contributed by atoms with van der Waals surface area (Å²) in [7, 11) is 0. The van der Waals surface area contributed by atoms with E-state index in [9.17, 15) is 5.11 Å². The van der Waals surface area contributed by atoms with Crippen LogP contribution in [-0.4, -0.2) is 21.2 Å². The third kappa shape index (κ3) is 3.05. The number of aliphatic hydroxyl groups is 1. The Labute approximate surface area is 106 Å². The molecule has 0 aliphatic rings. The molecule has 0 aliphatic heterocycles. The van der Waals surface area contributed by atoms with E-state index in [0.717, 1.165) is 0 Å². The molecule has 0 aromatic carbocycles. The van der Waals surface area contributed by atoms with Crippen molar-refractivity contribution in [2.24, 2.45) is 0 Å². The fourth-order valence-corrected chi connectivity index (χ4v) is 1.63. The van der Waals surface area contributed by atoms with Crippen LogP contribution in [0.2, 0.25) is 0 Å². The highest BCUT2D eigenvalue weighted by atomic mass is 16.5. The number of aliphatic hydroxyl groups excluding tert-OH is 1. The molecule has 4 heteroatoms. The maximum atomic E-state index is 10.2. The van der Waals surface area contributed by atoms with Gasteiger partial charge in [0.25, 0.3) is 0 Å². The van der Waals surface area contributed by atoms with Gasteiger partial charge >= 0.3 is 0 Å². The first-order valence-corrected chi connectivity index (χ1v) is 5.87. The quantitative estimate of drug-likeness (QED) is 0.897. The summed E-state index contributed by atoms with van der Waals surface area (Å²) in [4.78, 5) is 8.20. The standard InChI is InChI=1S/C14H16N2O2/c1-10(2)18-12-7-11(8-15-9-12)14(17)13-5-3-4-6-16-13/h3-10,14,17H,1-2H3. The van der Waals surface area contributed by atoms with Crippen LogP contribution in [0.5, 0.6) is 5.75 Å². The molecule has 2 rings (SSSR count). The first kappa shape index (κ1) is 12.5. The van der Waals surface area contributed by atoms with Crippen molar-refractivity contribution in [3.05, 3.63) is 54.1 Å². The molecule has 2 aromatic rings. The van der Waals surface area contributed by atoms with Gasteiger partial charge < -0.3 is 9.84 Å². The molecule has 0 fully saturated rings. The molecule has 0 saturated heterocycles. The summed E-state index contributed by atoms with van der Waals surface area (Å²) >= 11 is 0. The van der Waals surface area contributed by atoms with Crippen molar-refractivity contribution in [1.82, 2.24) is 9.97 Å². The van der Waals surface area contributed by atoms with Crippen LogP contribution in [-0.2, 0) is 0 Å². The number of rotatable bonds is 4. The highest BCUT2D eigenvalue weighted by Crippen LogP contribution is 2.22. The summed E-state index contributed by atoms with van der Waals surface area (Å²) in [6.07, 6.45) is 4.20. The number of aromatic nitrogens is 2. The van der Waals surface area contributed by atoms with Crippen LogP contribution in [0.4, 0.5) is 0 Å². The Balaban J connectivity index is 2.23. The fourth-order valence-electron chi connectivity index (χ4n) is 1.63. The zero-order chi connectivity index (χ0) is 13.0. The van der Waals surface area contributed by atoms with Crippen molar-refractivity contribution >= 4 is 0 Å². The average molecular weight is 244 g/mol. The van der Waals surface area contributed by atoms with Gasteiger partial charge in [-0.25, -0.2) is 0 Å². The molecule has 1 atom stereocenters. The molecule has 18 heavy (non-hydrogen) atoms. The molecule has 1 N–H and O–H groups in total. The summed E-state index contributed by atoms with van der Waals surface area (Å²) < 4.78 is 5.55. The van der Waals surface area contributed by atoms with E-state index in [0.29, 0.717) is 17.0 Å². The highest BCUT2D eigenvalue weighted by molar-refractivity contribution is 5.29. The summed E-state index contributed by atoms with van der Waals surface area (Å²) in [5, 5.41) is 10.2. The van der Waals surface area contributed by atoms with Crippen LogP contribution in [0.15, 0.2) is 42.9 Å². The number of hydrogen-bond donors (Lipinski definition) is 1. The lowest BCUT2D eigenvalue weighted by atomic mass is 10.1. The van der Waals surface area contributed by atoms with Gasteiger partial charge in [0.1, 0.15) is 11.9 Å². The maximum Gasteiger partial charge on any atom is 0.138 e. The molecule has 0 bridgehead atoms. The molecule has 0 aliphatic carbocycles. The zero-order valence-electron chi connectivity index (χ0n) is 10.4. The van der Waals surface area contributed by atoms with Crippen molar-refractivity contribution < 1.29 is 9.84 Å². The normalized spacial score (nSPS) is 12.4. The molecule has 0 saturated carbocycles. The molecular formula is C14H16N2O2. The van der Waals surface area contributed by atoms with Crippen LogP contribution >= 0.6 is 0 Å². The third-order valence-electron chi connectivity index (χ3n) is 2.39. The minimum atomic E-state index is -0.783. The summed E-state index contributed by atoms with van der Waals surface area (Å²) in [6, 6.07) is 7.22. The van der Waals surface area contributed by atoms with E-state index in [1.165, 1.54) is 0 Å². The van der Waals surface area contributed by atoms with Crippen LogP contribution in [0.25, 0.3) is 0 Å². The van der Waals surface area contributed by atoms with Crippen molar-refractivity contribution in [3.63, 3.8) is 0 Å². The van der Waals surface area contributed by atoms with Crippen LogP contribution in [0, 0.1) is 0 Å². The van der Waals surface area contributed by atoms with Crippen molar-refractivity contribution in [2.45, 2.75) is 26.1 Å². The van der Waals surface area contributed by atoms with E-state index < -0.39 is 6.10 Å². The average Bonchev–Trinajstić information content (AvgIpc) is 2.38. The molecule has 0 spiro atoms. The van der Waals surface area contributed by atoms with Gasteiger partial charge in [0.2, 0.25) is 0 Å². The predicted molar refractivity (Wildman–Crippen MR) is 68.3 cm³/mol. The van der Waals surface area contributed by atoms with Gasteiger partial charge in [-0.05, 0) is 32.0 Å². The first-order chi connectivity index (χ1) is 8.66. The second-order valence-corrected chi connectivity index (χ2v) is 4.28. The Morgan fingerprint density at radius 2 is 2.06 bits per heavy atom. The lowest BCUT2D eigenvalue weighted by molar-refractivity contribution is 0.211. The van der Waals surface area contributed by atoms with Crippen molar-refractivity contribution in [3.8, 4) is 5.75 Å². The topological polar surface area (TPSA) is 55.2 Å². The third-order valence-corrected chi connectivity index (χ3v) is 2.39. The van der Waals surface area contributed by atoms with Gasteiger partial charge in [-0.15, -0.1) is 0 Å². The number of ether oxygens (including phenoxy) is 1. The summed E-state index contributed by atoms with van der Waals surface area (Å²) in [5.74, 6) is 0.650. The maximum absolute atomic E-state index is 10.2. The second kappa shape index (κ2) is 5.60. The van der Waals surface area contributed by atoms with E-state index in [4.69, 9.17) is 4.74 Å². The summed E-state index contributed by atoms with van der Waals surface area (Å²) in [6.45, 7) is 3.89. The molecule has 4 nitrogen and oxygen atoms in total. The van der Waals surface area contributed by atoms with Gasteiger partial charge in [0.05, 0.1) is 18.0 Å². The SMILES string of the molecule is CC(C)Oc1cncc(C(O)c2ccccn2)c1. The fraction of sp³-hybridized carbons (Fsp3) is 0.286. The number of hydrogen-bond acceptors (Lipinski definition) is 4. The minimum absolute atomic E-state index is 0.0778. The molecule has 1 unspecified atom stereocenters. The van der Waals surface area contributed by atoms with Crippen molar-refractivity contribution in [2.75, 3.05) is 0 Å². The van der Waals surface area contributed by atoms with Crippen LogP contribution in [0.1, 0.15) is 31.2 Å². The van der Waals surface area contributed by atoms with Crippen molar-refractivity contribution in [1.29, 1.82) is 0 Å². The van der Waals surface area contributed by atoms with E-state index in [1.54, 1.807) is 30.7 Å². The minimum Gasteiger partial charge on any atom is -0.489 e. The Bertz CT molecular complexity index is 500. The number of nitrogens with zero attached hydrogens (tertiary/aromatic N) is 2. The molecule has 0 amide bonds. The van der Waals surface area contributed by atoms with Crippen LogP contribution < -0.4 is 4.74 Å². The van der Waals surface area contributed by atoms with E-state index in [-0.39, 0.29) is 6.10 Å². The predicted octanol–water partition coefficient (Wildman–Crippen LogP) is 2.35. The molecule has 94 valence electrons. The largest absolute Gasteiger partial charge is 0.489 e. The Morgan fingerprint density at radius 1 is 1.22 bits per heavy atom. The van der Waals surface area contributed by atoms with Crippen LogP contribution in [0.3, 0.4) is 0 Å². The van der Waals surface area contributed by atoms with E-state index in [1.807, 2.05) is 26.0 Å². The van der Waals surface area contributed by atoms with E-state index in [2.05, 4.69) is 9.97 Å². The summed E-state index contributed by atoms with van der Waals surface area (Å²) in [5.41, 5.74) is 1.27. The van der Waals surface area contributed by atoms with Gasteiger partial charge in [0, 0.05) is 18.0 Å². The Hall–Kier alpha value is -1.94. The molecular weight excluding hydrogens is 228 g/mol. The second-order valence-electron chi connectivity index (χ2n) is 4.28. The molecule has 0 radical (unpaired) electrons. The molecule has 2 heterocycles. The smallest absolute Gasteiger partial charge is 0.138 e. The van der Waals surface area contributed by atoms with Gasteiger partial charge in [-0.3, -0.25) is 9.97 Å². The Kier molecular flexibility index (Phi) is 3.89. The van der Waals surface area contributed by atoms with Gasteiger partial charge in [0.15, 0.2) is 0 Å². The molecule has 2 aromatic heterocycles. The highest BCUT2D eigenvalue weighted by Gasteiger charge is 2.12. The van der Waals surface area contributed by atoms with Gasteiger partial charge in [-0.1, -0.05) is 6.07 Å². The zero-order valence-corrected chi connectivity index (χ0v) is 10.4. The lowest BCUT2D eigenvalue weighted by Gasteiger charge is -2.13. The Morgan fingerprint density at radius 3 is 2.72 bits per heavy atom.